The van der Waals surface area contributed by atoms with Crippen LogP contribution in [0, 0.1) is 0 Å². The molecule has 1 heterocycles. The molecule has 1 N–H and O–H groups in total. The molecule has 1 saturated heterocycles. The van der Waals surface area contributed by atoms with Crippen molar-refractivity contribution in [2.75, 3.05) is 14.1 Å². The molecule has 0 saturated carbocycles. The van der Waals surface area contributed by atoms with Crippen molar-refractivity contribution in [2.24, 2.45) is 0 Å². The maximum Gasteiger partial charge on any atom is 0.495 e. The van der Waals surface area contributed by atoms with Gasteiger partial charge in [-0.3, -0.25) is 0 Å². The van der Waals surface area contributed by atoms with Crippen LogP contribution in [-0.2, 0) is 15.9 Å². The highest BCUT2D eigenvalue weighted by Gasteiger charge is 2.52. The monoisotopic (exact) mass is 305 g/mol. The van der Waals surface area contributed by atoms with Crippen LogP contribution in [0.4, 0.5) is 0 Å². The molecule has 0 atom stereocenters. The van der Waals surface area contributed by atoms with Crippen LogP contribution in [0.15, 0.2) is 18.2 Å². The molecule has 0 bridgehead atoms. The van der Waals surface area contributed by atoms with Crippen molar-refractivity contribution in [2.45, 2.75) is 45.4 Å². The molecule has 0 amide bonds. The van der Waals surface area contributed by atoms with E-state index in [1.54, 1.807) is 18.2 Å². The maximum absolute atomic E-state index is 11.2. The molecule has 0 radical (unpaired) electrons. The Balaban J connectivity index is 2.41. The Morgan fingerprint density at radius 2 is 1.73 bits per heavy atom. The highest BCUT2D eigenvalue weighted by molar-refractivity contribution is 6.62. The van der Waals surface area contributed by atoms with Crippen LogP contribution in [-0.4, -0.2) is 48.4 Å². The maximum atomic E-state index is 11.2. The van der Waals surface area contributed by atoms with Crippen LogP contribution in [0.5, 0.6) is 0 Å². The fourth-order valence-electron chi connectivity index (χ4n) is 2.42. The summed E-state index contributed by atoms with van der Waals surface area (Å²) in [5.74, 6) is -0.930. The average molecular weight is 305 g/mol. The molecule has 1 aromatic carbocycles. The summed E-state index contributed by atoms with van der Waals surface area (Å²) in [7, 11) is 3.41. The Hall–Kier alpha value is -1.37. The van der Waals surface area contributed by atoms with Crippen molar-refractivity contribution in [3.63, 3.8) is 0 Å². The number of carboxylic acids is 1. The first-order chi connectivity index (χ1) is 10.0. The van der Waals surface area contributed by atoms with E-state index in [1.807, 2.05) is 46.7 Å². The zero-order chi connectivity index (χ0) is 16.7. The molecule has 0 unspecified atom stereocenters. The van der Waals surface area contributed by atoms with E-state index in [4.69, 9.17) is 9.31 Å². The third kappa shape index (κ3) is 3.19. The second kappa shape index (κ2) is 5.68. The number of nitrogens with zero attached hydrogens (tertiary/aromatic N) is 1. The quantitative estimate of drug-likeness (QED) is 0.859. The molecule has 22 heavy (non-hydrogen) atoms. The van der Waals surface area contributed by atoms with Crippen LogP contribution in [0.3, 0.4) is 0 Å². The Labute approximate surface area is 132 Å². The van der Waals surface area contributed by atoms with E-state index in [1.165, 1.54) is 0 Å². The Kier molecular flexibility index (Phi) is 4.39. The summed E-state index contributed by atoms with van der Waals surface area (Å²) >= 11 is 0. The summed E-state index contributed by atoms with van der Waals surface area (Å²) in [6, 6.07) is 5.09. The van der Waals surface area contributed by atoms with Crippen molar-refractivity contribution in [3.8, 4) is 0 Å². The highest BCUT2D eigenvalue weighted by atomic mass is 16.7. The third-order valence-corrected chi connectivity index (χ3v) is 4.38. The SMILES string of the molecule is CN(C)Cc1cc(C(=O)O)ccc1B1OC(C)(C)C(C)(C)O1. The Bertz CT molecular complexity index is 568. The van der Waals surface area contributed by atoms with Gasteiger partial charge in [0.1, 0.15) is 0 Å². The number of benzene rings is 1. The zero-order valence-corrected chi connectivity index (χ0v) is 14.1. The average Bonchev–Trinajstić information content (AvgIpc) is 2.57. The van der Waals surface area contributed by atoms with Crippen LogP contribution in [0.1, 0.15) is 43.6 Å². The standard InChI is InChI=1S/C16H24BNO4/c1-15(2)16(3,4)22-17(21-15)13-8-7-11(14(19)20)9-12(13)10-18(5)6/h7-9H,10H2,1-6H3,(H,19,20). The molecule has 1 aliphatic heterocycles. The smallest absolute Gasteiger partial charge is 0.478 e. The van der Waals surface area contributed by atoms with Gasteiger partial charge in [0.15, 0.2) is 0 Å². The summed E-state index contributed by atoms with van der Waals surface area (Å²) < 4.78 is 12.2. The van der Waals surface area contributed by atoms with Gasteiger partial charge in [0.25, 0.3) is 0 Å². The van der Waals surface area contributed by atoms with Crippen LogP contribution >= 0.6 is 0 Å². The second-order valence-electron chi connectivity index (χ2n) is 7.04. The van der Waals surface area contributed by atoms with Gasteiger partial charge in [-0.25, -0.2) is 4.79 Å². The van der Waals surface area contributed by atoms with Crippen molar-refractivity contribution >= 4 is 18.6 Å². The van der Waals surface area contributed by atoms with Crippen LogP contribution < -0.4 is 5.46 Å². The minimum absolute atomic E-state index is 0.275. The van der Waals surface area contributed by atoms with Crippen molar-refractivity contribution in [1.82, 2.24) is 4.90 Å². The molecule has 0 aromatic heterocycles. The number of aromatic carboxylic acids is 1. The molecule has 6 heteroatoms. The summed E-state index contributed by atoms with van der Waals surface area (Å²) in [5, 5.41) is 9.19. The van der Waals surface area contributed by atoms with E-state index in [0.717, 1.165) is 11.0 Å². The number of carbonyl (C=O) groups is 1. The molecular formula is C16H24BNO4. The van der Waals surface area contributed by atoms with Gasteiger partial charge >= 0.3 is 13.1 Å². The molecule has 1 aromatic rings. The lowest BCUT2D eigenvalue weighted by Gasteiger charge is -2.32. The van der Waals surface area contributed by atoms with Gasteiger partial charge in [-0.1, -0.05) is 6.07 Å². The summed E-state index contributed by atoms with van der Waals surface area (Å²) in [6.07, 6.45) is 0. The number of carboxylic acid groups (broad SMARTS) is 1. The predicted molar refractivity (Wildman–Crippen MR) is 86.5 cm³/mol. The molecule has 120 valence electrons. The van der Waals surface area contributed by atoms with Crippen molar-refractivity contribution in [3.05, 3.63) is 29.3 Å². The van der Waals surface area contributed by atoms with Crippen LogP contribution in [0.2, 0.25) is 0 Å². The first-order valence-corrected chi connectivity index (χ1v) is 7.40. The number of rotatable bonds is 4. The van der Waals surface area contributed by atoms with Gasteiger partial charge in [0, 0.05) is 6.54 Å². The summed E-state index contributed by atoms with van der Waals surface area (Å²) in [4.78, 5) is 13.2. The molecule has 2 rings (SSSR count). The summed E-state index contributed by atoms with van der Waals surface area (Å²) in [5.41, 5.74) is 1.23. The fraction of sp³-hybridized carbons (Fsp3) is 0.562. The van der Waals surface area contributed by atoms with Gasteiger partial charge in [-0.05, 0) is 64.9 Å². The normalized spacial score (nSPS) is 19.7. The van der Waals surface area contributed by atoms with Gasteiger partial charge in [-0.15, -0.1) is 0 Å². The van der Waals surface area contributed by atoms with E-state index in [2.05, 4.69) is 0 Å². The van der Waals surface area contributed by atoms with Crippen LogP contribution in [0.25, 0.3) is 0 Å². The lowest BCUT2D eigenvalue weighted by atomic mass is 9.75. The van der Waals surface area contributed by atoms with Gasteiger partial charge < -0.3 is 19.3 Å². The van der Waals surface area contributed by atoms with E-state index in [9.17, 15) is 9.90 Å². The molecule has 0 aliphatic carbocycles. The number of hydrogen-bond acceptors (Lipinski definition) is 4. The molecule has 0 spiro atoms. The van der Waals surface area contributed by atoms with E-state index < -0.39 is 24.3 Å². The second-order valence-corrected chi connectivity index (χ2v) is 7.04. The number of hydrogen-bond donors (Lipinski definition) is 1. The largest absolute Gasteiger partial charge is 0.495 e. The van der Waals surface area contributed by atoms with Crippen molar-refractivity contribution in [1.29, 1.82) is 0 Å². The zero-order valence-electron chi connectivity index (χ0n) is 14.1. The molecular weight excluding hydrogens is 281 g/mol. The Morgan fingerprint density at radius 1 is 1.18 bits per heavy atom. The van der Waals surface area contributed by atoms with Gasteiger partial charge in [0.2, 0.25) is 0 Å². The fourth-order valence-corrected chi connectivity index (χ4v) is 2.42. The minimum Gasteiger partial charge on any atom is -0.478 e. The molecule has 1 fully saturated rings. The summed E-state index contributed by atoms with van der Waals surface area (Å²) in [6.45, 7) is 8.64. The third-order valence-electron chi connectivity index (χ3n) is 4.38. The lowest BCUT2D eigenvalue weighted by Crippen LogP contribution is -2.41. The van der Waals surface area contributed by atoms with E-state index in [0.29, 0.717) is 6.54 Å². The van der Waals surface area contributed by atoms with Gasteiger partial charge in [0.05, 0.1) is 16.8 Å². The first-order valence-electron chi connectivity index (χ1n) is 7.40. The Morgan fingerprint density at radius 3 is 2.18 bits per heavy atom. The first kappa shape index (κ1) is 17.0. The van der Waals surface area contributed by atoms with Gasteiger partial charge in [-0.2, -0.15) is 0 Å². The minimum atomic E-state index is -0.930. The van der Waals surface area contributed by atoms with E-state index in [-0.39, 0.29) is 5.56 Å². The lowest BCUT2D eigenvalue weighted by molar-refractivity contribution is 0.00578. The highest BCUT2D eigenvalue weighted by Crippen LogP contribution is 2.36. The van der Waals surface area contributed by atoms with E-state index >= 15 is 0 Å². The molecule has 5 nitrogen and oxygen atoms in total. The topological polar surface area (TPSA) is 59.0 Å². The van der Waals surface area contributed by atoms with Crippen molar-refractivity contribution < 1.29 is 19.2 Å². The predicted octanol–water partition coefficient (Wildman–Crippen LogP) is 1.75. The molecule has 1 aliphatic rings.